The van der Waals surface area contributed by atoms with Gasteiger partial charge in [0.1, 0.15) is 60.4 Å². The number of H-pyrrole nitrogens is 2. The number of carboxylic acid groups (broad SMARTS) is 1. The van der Waals surface area contributed by atoms with Gasteiger partial charge in [0.05, 0.1) is 12.4 Å². The van der Waals surface area contributed by atoms with Gasteiger partial charge in [0.15, 0.2) is 11.9 Å². The number of amides is 11. The van der Waals surface area contributed by atoms with E-state index in [9.17, 15) is 53.1 Å². The van der Waals surface area contributed by atoms with Crippen molar-refractivity contribution in [3.05, 3.63) is 90.1 Å². The van der Waals surface area contributed by atoms with Gasteiger partial charge in [0.25, 0.3) is 0 Å². The van der Waals surface area contributed by atoms with E-state index in [1.165, 1.54) is 17.4 Å². The zero-order valence-corrected chi connectivity index (χ0v) is 57.5. The molecule has 11 amide bonds. The number of nitrogens with one attached hydrogen (secondary N) is 11. The molecular weight excluding hydrogens is 1340 g/mol. The van der Waals surface area contributed by atoms with Crippen molar-refractivity contribution < 1.29 is 62.6 Å². The molecule has 5 rings (SSSR count). The van der Waals surface area contributed by atoms with Crippen molar-refractivity contribution in [3.63, 3.8) is 0 Å². The summed E-state index contributed by atoms with van der Waals surface area (Å²) in [7, 11) is 0. The van der Waals surface area contributed by atoms with Gasteiger partial charge < -0.3 is 102 Å². The van der Waals surface area contributed by atoms with Crippen LogP contribution in [0, 0.1) is 5.92 Å². The number of carboxylic acids is 1. The summed E-state index contributed by atoms with van der Waals surface area (Å²) >= 11 is 12.6. The summed E-state index contributed by atoms with van der Waals surface area (Å²) in [6.07, 6.45) is 3.04. The highest BCUT2D eigenvalue weighted by Gasteiger charge is 2.41. The number of likely N-dealkylation sites (tertiary alicyclic amines) is 1. The first-order valence-electron chi connectivity index (χ1n) is 31.9. The van der Waals surface area contributed by atoms with Crippen molar-refractivity contribution in [2.75, 3.05) is 36.9 Å². The molecule has 1 fully saturated rings. The summed E-state index contributed by atoms with van der Waals surface area (Å²) in [6.45, 7) is 3.52. The minimum Gasteiger partial charge on any atom is -0.481 e. The first-order chi connectivity index (χ1) is 47.1. The number of fused-ring (bicyclic) bond motifs is 1. The number of rotatable bonds is 41. The topological polar surface area (TPSA) is 562 Å². The Morgan fingerprint density at radius 1 is 0.586 bits per heavy atom. The molecule has 1 aliphatic heterocycles. The summed E-state index contributed by atoms with van der Waals surface area (Å²) in [5.74, 6) is -12.3. The zero-order chi connectivity index (χ0) is 72.9. The molecule has 4 aromatic rings. The lowest BCUT2D eigenvalue weighted by molar-refractivity contribution is -0.142. The van der Waals surface area contributed by atoms with Crippen molar-refractivity contribution in [2.24, 2.45) is 50.3 Å². The fourth-order valence-corrected chi connectivity index (χ4v) is 11.3. The average molecular weight is 1430 g/mol. The molecule has 0 aliphatic carbocycles. The predicted molar refractivity (Wildman–Crippen MR) is 377 cm³/mol. The number of aliphatic imine (C=N–C) groups is 2. The third-order valence-electron chi connectivity index (χ3n) is 16.0. The highest BCUT2D eigenvalue weighted by molar-refractivity contribution is 7.80. The number of carbonyl (C=O) groups excluding carboxylic acids is 11. The van der Waals surface area contributed by atoms with Gasteiger partial charge in [-0.15, -0.1) is 0 Å². The number of imidazole rings is 1. The van der Waals surface area contributed by atoms with Crippen LogP contribution in [0.25, 0.3) is 10.9 Å². The molecular formula is C62H91N21O13S3. The number of hydrogen-bond acceptors (Lipinski definition) is 19. The van der Waals surface area contributed by atoms with Gasteiger partial charge in [0.2, 0.25) is 65.0 Å². The largest absolute Gasteiger partial charge is 0.481 e. The van der Waals surface area contributed by atoms with Gasteiger partial charge in [-0.2, -0.15) is 37.9 Å². The fraction of sp³-hybridized carbons (Fsp3) is 0.500. The number of aliphatic carboxylic acids is 1. The first-order valence-corrected chi connectivity index (χ1v) is 33.8. The molecule has 0 saturated carbocycles. The number of para-hydroxylation sites is 1. The quantitative estimate of drug-likeness (QED) is 0.00862. The maximum absolute atomic E-state index is 15.1. The van der Waals surface area contributed by atoms with Crippen LogP contribution in [0.2, 0.25) is 0 Å². The predicted octanol–water partition coefficient (Wildman–Crippen LogP) is -4.50. The van der Waals surface area contributed by atoms with Crippen LogP contribution >= 0.6 is 37.9 Å². The number of thiol groups is 3. The zero-order valence-electron chi connectivity index (χ0n) is 54.8. The number of hydrogen-bond donors (Lipinski definition) is 21. The Morgan fingerprint density at radius 3 is 1.60 bits per heavy atom. The van der Waals surface area contributed by atoms with E-state index < -0.39 is 150 Å². The smallest absolute Gasteiger partial charge is 0.303 e. The number of guanidine groups is 2. The van der Waals surface area contributed by atoms with E-state index in [0.717, 1.165) is 0 Å². The van der Waals surface area contributed by atoms with Gasteiger partial charge >= 0.3 is 5.97 Å². The van der Waals surface area contributed by atoms with Crippen LogP contribution in [0.1, 0.15) is 82.0 Å². The minimum absolute atomic E-state index is 0.0432. The second-order valence-corrected chi connectivity index (χ2v) is 24.9. The monoisotopic (exact) mass is 1430 g/mol. The van der Waals surface area contributed by atoms with Gasteiger partial charge in [-0.3, -0.25) is 67.5 Å². The lowest BCUT2D eigenvalue weighted by Gasteiger charge is -2.31. The third kappa shape index (κ3) is 25.6. The molecule has 99 heavy (non-hydrogen) atoms. The lowest BCUT2D eigenvalue weighted by atomic mass is 10.0. The Hall–Kier alpha value is -9.62. The lowest BCUT2D eigenvalue weighted by Crippen LogP contribution is -2.61. The van der Waals surface area contributed by atoms with Crippen molar-refractivity contribution >= 4 is 132 Å². The molecule has 1 aliphatic rings. The second kappa shape index (κ2) is 40.3. The molecule has 2 aromatic carbocycles. The van der Waals surface area contributed by atoms with Crippen LogP contribution in [0.4, 0.5) is 0 Å². The van der Waals surface area contributed by atoms with Gasteiger partial charge in [-0.05, 0) is 68.1 Å². The fourth-order valence-electron chi connectivity index (χ4n) is 10.7. The van der Waals surface area contributed by atoms with E-state index in [-0.39, 0.29) is 106 Å². The van der Waals surface area contributed by atoms with Crippen molar-refractivity contribution in [2.45, 2.75) is 151 Å². The number of primary amides is 1. The average Bonchev–Trinajstić information content (AvgIpc) is 1.75. The SMILES string of the molecule is CC(C)[C@H](NC(=O)[C@@H]1CCCN1C(=O)[C@H](CCCN=C(N)N)NC(=O)[C@H](CS)NC(=O)[C@H](Cc1c[nH]c2ccccc12)NC(=O)[C@H](CCCN=C(N)N)NC(=O)[C@@H](Cc1ccccc1)NC(=O)[C@H](Cc1cnc[nH]1)NC(=O)[C@H](CCC(=O)O)NC(=O)[C@H](CS)NC(=O)[C@@H](N)CS)C(N)=O. The van der Waals surface area contributed by atoms with Crippen LogP contribution in [-0.2, 0) is 76.8 Å². The summed E-state index contributed by atoms with van der Waals surface area (Å²) in [4.78, 5) is 186. The van der Waals surface area contributed by atoms with Gasteiger partial charge in [-0.1, -0.05) is 62.4 Å². The highest BCUT2D eigenvalue weighted by Crippen LogP contribution is 2.23. The van der Waals surface area contributed by atoms with E-state index in [4.69, 9.17) is 34.4 Å². The molecule has 0 spiro atoms. The van der Waals surface area contributed by atoms with E-state index in [1.807, 2.05) is 0 Å². The molecule has 2 aromatic heterocycles. The Balaban J connectivity index is 1.47. The molecule has 0 bridgehead atoms. The molecule has 0 unspecified atom stereocenters. The van der Waals surface area contributed by atoms with E-state index >= 15 is 9.59 Å². The van der Waals surface area contributed by atoms with Crippen molar-refractivity contribution in [1.82, 2.24) is 67.7 Å². The Labute approximate surface area is 587 Å². The molecule has 540 valence electrons. The van der Waals surface area contributed by atoms with Gasteiger partial charge in [0, 0.05) is 91.6 Å². The van der Waals surface area contributed by atoms with E-state index in [0.29, 0.717) is 34.1 Å². The summed E-state index contributed by atoms with van der Waals surface area (Å²) in [5.41, 5.74) is 35.8. The van der Waals surface area contributed by atoms with Gasteiger partial charge in [-0.25, -0.2) is 4.98 Å². The molecule has 1 saturated heterocycles. The molecule has 11 atom stereocenters. The number of carbonyl (C=O) groups is 12. The number of nitrogens with zero attached hydrogens (tertiary/aromatic N) is 4. The van der Waals surface area contributed by atoms with Crippen LogP contribution in [-0.4, -0.2) is 211 Å². The normalized spacial score (nSPS) is 15.7. The maximum atomic E-state index is 15.1. The van der Waals surface area contributed by atoms with Crippen molar-refractivity contribution in [3.8, 4) is 0 Å². The van der Waals surface area contributed by atoms with Crippen molar-refractivity contribution in [1.29, 1.82) is 0 Å². The third-order valence-corrected chi connectivity index (χ3v) is 17.1. The van der Waals surface area contributed by atoms with Crippen LogP contribution in [0.3, 0.4) is 0 Å². The first kappa shape index (κ1) is 80.1. The summed E-state index contributed by atoms with van der Waals surface area (Å²) in [5, 5.41) is 33.9. The summed E-state index contributed by atoms with van der Waals surface area (Å²) in [6, 6.07) is 0.352. The molecule has 34 nitrogen and oxygen atoms in total. The van der Waals surface area contributed by atoms with Crippen LogP contribution in [0.5, 0.6) is 0 Å². The molecule has 37 heteroatoms. The Kier molecular flexibility index (Phi) is 32.6. The number of benzene rings is 2. The standard InChI is InChI=1S/C62H91N21O13S3/c1-32(2)49(50(64)86)82-59(95)47-17-10-22-83(47)60(96)41(16-9-21-71-62(67)68)76-58(94)46(30-99)81-55(91)43(24-34-26-72-38-14-7-6-13-36(34)38)78-52(88)39(15-8-20-70-61(65)66)74-54(90)42(23-33-11-4-3-5-12-33)77-56(92)44(25-35-27-69-31-73-35)79-53(89)40(18-19-48(84)85)75-57(93)45(29-98)80-51(87)37(63)28-97/h3-7,11-14,26-27,31-32,37,39-47,49,72,97-99H,8-10,15-25,28-30,63H2,1-2H3,(H2,64,86)(H,69,73)(H,74,90)(H,75,93)(H,76,94)(H,77,92)(H,78,88)(H,79,89)(H,80,87)(H,81,91)(H,82,95)(H,84,85)(H4,65,66,70)(H4,67,68,71)/t37-,39-,40-,41-,42+,43-,44-,45-,46-,47-,49-/m0/s1. The Morgan fingerprint density at radius 2 is 1.07 bits per heavy atom. The van der Waals surface area contributed by atoms with E-state index in [1.54, 1.807) is 74.6 Å². The maximum Gasteiger partial charge on any atom is 0.303 e. The minimum atomic E-state index is -1.62. The van der Waals surface area contributed by atoms with E-state index in [2.05, 4.69) is 111 Å². The number of nitrogens with two attached hydrogens (primary N) is 6. The Bertz CT molecular complexity index is 3480. The molecule has 24 N–H and O–H groups in total. The summed E-state index contributed by atoms with van der Waals surface area (Å²) < 4.78 is 0. The molecule has 0 radical (unpaired) electrons. The van der Waals surface area contributed by atoms with Crippen LogP contribution < -0.4 is 82.3 Å². The molecule has 3 heterocycles. The number of aromatic nitrogens is 3. The van der Waals surface area contributed by atoms with Crippen LogP contribution in [0.15, 0.2) is 83.3 Å². The number of aromatic amines is 2. The highest BCUT2D eigenvalue weighted by atomic mass is 32.1. The second-order valence-electron chi connectivity index (χ2n) is 23.8.